The van der Waals surface area contributed by atoms with Crippen LogP contribution in [0.3, 0.4) is 0 Å². The molecule has 0 amide bonds. The van der Waals surface area contributed by atoms with Gasteiger partial charge in [0.15, 0.2) is 0 Å². The molecule has 0 aliphatic heterocycles. The standard InChI is InChI=1S/C4H8N/c1-3-4-5-2/h3H,1,4H2,2H3/q-1. The maximum atomic E-state index is 3.74. The van der Waals surface area contributed by atoms with Gasteiger partial charge in [-0.05, 0) is 0 Å². The summed E-state index contributed by atoms with van der Waals surface area (Å²) in [7, 11) is 1.77. The molecule has 5 heavy (non-hydrogen) atoms. The first-order valence-corrected chi connectivity index (χ1v) is 1.58. The summed E-state index contributed by atoms with van der Waals surface area (Å²) >= 11 is 0. The van der Waals surface area contributed by atoms with E-state index in [0.29, 0.717) is 0 Å². The molecule has 1 heteroatoms. The molecule has 1 nitrogen and oxygen atoms in total. The molecule has 0 radical (unpaired) electrons. The molecule has 0 atom stereocenters. The van der Waals surface area contributed by atoms with Crippen LogP contribution in [0.1, 0.15) is 0 Å². The van der Waals surface area contributed by atoms with Gasteiger partial charge in [-0.1, -0.05) is 0 Å². The van der Waals surface area contributed by atoms with E-state index in [9.17, 15) is 0 Å². The van der Waals surface area contributed by atoms with E-state index < -0.39 is 0 Å². The van der Waals surface area contributed by atoms with Crippen molar-refractivity contribution in [1.82, 2.24) is 0 Å². The first kappa shape index (κ1) is 4.70. The molecule has 0 spiro atoms. The molecule has 0 heterocycles. The van der Waals surface area contributed by atoms with Gasteiger partial charge in [0.25, 0.3) is 0 Å². The van der Waals surface area contributed by atoms with Crippen LogP contribution in [0.5, 0.6) is 0 Å². The van der Waals surface area contributed by atoms with Gasteiger partial charge >= 0.3 is 0 Å². The normalized spacial score (nSPS) is 7.40. The lowest BCUT2D eigenvalue weighted by molar-refractivity contribution is 1.40. The second-order valence-electron chi connectivity index (χ2n) is 0.787. The van der Waals surface area contributed by atoms with Crippen molar-refractivity contribution in [2.24, 2.45) is 0 Å². The first-order valence-electron chi connectivity index (χ1n) is 1.58. The number of rotatable bonds is 2. The van der Waals surface area contributed by atoms with Crippen LogP contribution < -0.4 is 0 Å². The van der Waals surface area contributed by atoms with Crippen molar-refractivity contribution in [3.63, 3.8) is 0 Å². The summed E-state index contributed by atoms with van der Waals surface area (Å²) in [5.41, 5.74) is 0. The van der Waals surface area contributed by atoms with E-state index in [1.807, 2.05) is 0 Å². The second kappa shape index (κ2) is 3.70. The molecule has 0 rings (SSSR count). The van der Waals surface area contributed by atoms with Crippen LogP contribution in [0.25, 0.3) is 5.32 Å². The lowest BCUT2D eigenvalue weighted by atomic mass is 10.6. The van der Waals surface area contributed by atoms with Crippen LogP contribution in [0.15, 0.2) is 12.7 Å². The molecule has 0 N–H and O–H groups in total. The van der Waals surface area contributed by atoms with Gasteiger partial charge < -0.3 is 5.32 Å². The van der Waals surface area contributed by atoms with Crippen molar-refractivity contribution >= 4 is 0 Å². The highest BCUT2D eigenvalue weighted by atomic mass is 14.8. The van der Waals surface area contributed by atoms with E-state index in [1.165, 1.54) is 0 Å². The Labute approximate surface area is 32.7 Å². The van der Waals surface area contributed by atoms with Gasteiger partial charge in [0.2, 0.25) is 0 Å². The Bertz CT molecular complexity index is 24.8. The Morgan fingerprint density at radius 3 is 2.60 bits per heavy atom. The first-order chi connectivity index (χ1) is 2.41. The van der Waals surface area contributed by atoms with Crippen molar-refractivity contribution in [3.05, 3.63) is 18.0 Å². The Hall–Kier alpha value is -0.300. The van der Waals surface area contributed by atoms with Gasteiger partial charge in [-0.15, -0.1) is 19.2 Å². The van der Waals surface area contributed by atoms with Crippen LogP contribution in [0.2, 0.25) is 0 Å². The molecular weight excluding hydrogens is 62.1 g/mol. The number of hydrogen-bond acceptors (Lipinski definition) is 0. The van der Waals surface area contributed by atoms with Crippen molar-refractivity contribution < 1.29 is 0 Å². The molecule has 0 aliphatic carbocycles. The fraction of sp³-hybridized carbons (Fsp3) is 0.500. The molecule has 0 aliphatic rings. The third-order valence-corrected chi connectivity index (χ3v) is 0.312. The zero-order chi connectivity index (χ0) is 4.12. The summed E-state index contributed by atoms with van der Waals surface area (Å²) in [5.74, 6) is 0. The number of nitrogens with zero attached hydrogens (tertiary/aromatic N) is 1. The molecule has 0 bridgehead atoms. The fourth-order valence-electron chi connectivity index (χ4n) is 0.129. The quantitative estimate of drug-likeness (QED) is 0.433. The van der Waals surface area contributed by atoms with Crippen molar-refractivity contribution in [1.29, 1.82) is 0 Å². The minimum absolute atomic E-state index is 0.778. The molecular formula is C4H8N-. The minimum Gasteiger partial charge on any atom is -0.662 e. The maximum Gasteiger partial charge on any atom is -0.105 e. The second-order valence-corrected chi connectivity index (χ2v) is 0.787. The van der Waals surface area contributed by atoms with E-state index in [0.717, 1.165) is 6.54 Å². The van der Waals surface area contributed by atoms with E-state index in [1.54, 1.807) is 13.1 Å². The third-order valence-electron chi connectivity index (χ3n) is 0.312. The van der Waals surface area contributed by atoms with Crippen LogP contribution >= 0.6 is 0 Å². The van der Waals surface area contributed by atoms with Crippen molar-refractivity contribution in [3.8, 4) is 0 Å². The largest absolute Gasteiger partial charge is 0.662 e. The Morgan fingerprint density at radius 2 is 2.60 bits per heavy atom. The van der Waals surface area contributed by atoms with Crippen molar-refractivity contribution in [2.45, 2.75) is 0 Å². The molecule has 0 aromatic rings. The Morgan fingerprint density at radius 1 is 2.00 bits per heavy atom. The predicted octanol–water partition coefficient (Wildman–Crippen LogP) is 1.18. The molecule has 30 valence electrons. The van der Waals surface area contributed by atoms with Gasteiger partial charge in [-0.25, -0.2) is 0 Å². The average molecular weight is 70.1 g/mol. The van der Waals surface area contributed by atoms with Gasteiger partial charge in [0, 0.05) is 0 Å². The molecule has 0 fully saturated rings. The number of likely N-dealkylation sites (N-methyl/N-ethyl adjacent to an activating group) is 1. The lowest BCUT2D eigenvalue weighted by Gasteiger charge is -2.00. The Balaban J connectivity index is 2.40. The van der Waals surface area contributed by atoms with Gasteiger partial charge in [0.1, 0.15) is 0 Å². The van der Waals surface area contributed by atoms with Gasteiger partial charge in [0.05, 0.1) is 0 Å². The van der Waals surface area contributed by atoms with Gasteiger partial charge in [-0.3, -0.25) is 0 Å². The highest BCUT2D eigenvalue weighted by Crippen LogP contribution is 1.71. The Kier molecular flexibility index (Phi) is 3.48. The van der Waals surface area contributed by atoms with Gasteiger partial charge in [-0.2, -0.15) is 7.05 Å². The summed E-state index contributed by atoms with van der Waals surface area (Å²) < 4.78 is 0. The summed E-state index contributed by atoms with van der Waals surface area (Å²) in [6.07, 6.45) is 1.76. The highest BCUT2D eigenvalue weighted by Gasteiger charge is 1.41. The van der Waals surface area contributed by atoms with Crippen LogP contribution in [0, 0.1) is 0 Å². The predicted molar refractivity (Wildman–Crippen MR) is 24.3 cm³/mol. The van der Waals surface area contributed by atoms with E-state index in [2.05, 4.69) is 11.9 Å². The monoisotopic (exact) mass is 70.1 g/mol. The van der Waals surface area contributed by atoms with Crippen LogP contribution in [-0.2, 0) is 0 Å². The van der Waals surface area contributed by atoms with Crippen LogP contribution in [-0.4, -0.2) is 13.6 Å². The summed E-state index contributed by atoms with van der Waals surface area (Å²) in [6.45, 7) is 4.23. The fourth-order valence-corrected chi connectivity index (χ4v) is 0.129. The molecule has 0 aromatic carbocycles. The molecule has 0 unspecified atom stereocenters. The molecule has 0 aromatic heterocycles. The minimum atomic E-state index is 0.778. The topological polar surface area (TPSA) is 14.1 Å². The molecule has 0 saturated heterocycles. The smallest absolute Gasteiger partial charge is 0.105 e. The van der Waals surface area contributed by atoms with Crippen LogP contribution in [0.4, 0.5) is 0 Å². The zero-order valence-corrected chi connectivity index (χ0v) is 3.44. The maximum absolute atomic E-state index is 3.74. The number of hydrogen-bond donors (Lipinski definition) is 0. The molecule has 0 saturated carbocycles. The third kappa shape index (κ3) is 3.70. The summed E-state index contributed by atoms with van der Waals surface area (Å²) in [4.78, 5) is 0. The summed E-state index contributed by atoms with van der Waals surface area (Å²) in [5, 5.41) is 3.74. The van der Waals surface area contributed by atoms with E-state index >= 15 is 0 Å². The lowest BCUT2D eigenvalue weighted by Crippen LogP contribution is -1.65. The van der Waals surface area contributed by atoms with E-state index in [4.69, 9.17) is 0 Å². The zero-order valence-electron chi connectivity index (χ0n) is 3.44. The van der Waals surface area contributed by atoms with E-state index in [-0.39, 0.29) is 0 Å². The highest BCUT2D eigenvalue weighted by molar-refractivity contribution is 4.83. The van der Waals surface area contributed by atoms with Crippen molar-refractivity contribution in [2.75, 3.05) is 13.6 Å². The summed E-state index contributed by atoms with van der Waals surface area (Å²) in [6, 6.07) is 0. The average Bonchev–Trinajstić information content (AvgIpc) is 1.41. The SMILES string of the molecule is C=CC[N-]C.